The fourth-order valence-electron chi connectivity index (χ4n) is 4.33. The highest BCUT2D eigenvalue weighted by atomic mass is 16.5. The molecule has 0 fully saturated rings. The fourth-order valence-corrected chi connectivity index (χ4v) is 4.33. The van der Waals surface area contributed by atoms with Crippen molar-refractivity contribution in [2.75, 3.05) is 11.9 Å². The van der Waals surface area contributed by atoms with E-state index in [2.05, 4.69) is 29.8 Å². The van der Waals surface area contributed by atoms with Crippen molar-refractivity contribution >= 4 is 39.2 Å². The Labute approximate surface area is 176 Å². The number of carbonyl (C=O) groups is 2. The summed E-state index contributed by atoms with van der Waals surface area (Å²) < 4.78 is 8.14. The zero-order chi connectivity index (χ0) is 21.3. The first-order valence-electron chi connectivity index (χ1n) is 10.7. The van der Waals surface area contributed by atoms with E-state index >= 15 is 0 Å². The SMILES string of the molecule is CCC/C(=C/CCn1c2ccc(C(C)=O)cc2c2c3c(ccc21)NC(=O)CO3)CC. The van der Waals surface area contributed by atoms with Crippen LogP contribution in [0.5, 0.6) is 5.75 Å². The van der Waals surface area contributed by atoms with E-state index in [0.29, 0.717) is 17.0 Å². The van der Waals surface area contributed by atoms with E-state index < -0.39 is 0 Å². The van der Waals surface area contributed by atoms with Crippen LogP contribution in [0.4, 0.5) is 5.69 Å². The molecule has 3 aromatic rings. The van der Waals surface area contributed by atoms with Crippen LogP contribution in [0.15, 0.2) is 42.0 Å². The van der Waals surface area contributed by atoms with Crippen molar-refractivity contribution in [3.63, 3.8) is 0 Å². The summed E-state index contributed by atoms with van der Waals surface area (Å²) in [5.74, 6) is 0.572. The zero-order valence-electron chi connectivity index (χ0n) is 17.9. The molecule has 4 rings (SSSR count). The van der Waals surface area contributed by atoms with E-state index in [9.17, 15) is 9.59 Å². The molecule has 0 saturated carbocycles. The number of rotatable bonds is 7. The predicted octanol–water partition coefficient (Wildman–Crippen LogP) is 5.85. The molecular formula is C25H28N2O3. The van der Waals surface area contributed by atoms with Gasteiger partial charge in [-0.05, 0) is 56.5 Å². The number of ether oxygens (including phenoxy) is 1. The maximum absolute atomic E-state index is 12.0. The maximum atomic E-state index is 12.0. The number of nitrogens with zero attached hydrogens (tertiary/aromatic N) is 1. The topological polar surface area (TPSA) is 60.3 Å². The first kappa shape index (κ1) is 20.2. The first-order chi connectivity index (χ1) is 14.5. The molecule has 1 N–H and O–H groups in total. The van der Waals surface area contributed by atoms with E-state index in [-0.39, 0.29) is 18.3 Å². The molecule has 30 heavy (non-hydrogen) atoms. The van der Waals surface area contributed by atoms with Crippen LogP contribution in [0, 0.1) is 0 Å². The van der Waals surface area contributed by atoms with Gasteiger partial charge in [0.15, 0.2) is 18.1 Å². The van der Waals surface area contributed by atoms with E-state index in [0.717, 1.165) is 54.0 Å². The van der Waals surface area contributed by atoms with Gasteiger partial charge in [-0.2, -0.15) is 0 Å². The minimum atomic E-state index is -0.150. The highest BCUT2D eigenvalue weighted by Crippen LogP contribution is 2.42. The highest BCUT2D eigenvalue weighted by molar-refractivity contribution is 6.16. The van der Waals surface area contributed by atoms with Crippen molar-refractivity contribution in [3.05, 3.63) is 47.5 Å². The molecule has 0 atom stereocenters. The molecule has 5 nitrogen and oxygen atoms in total. The molecular weight excluding hydrogens is 376 g/mol. The Hall–Kier alpha value is -3.08. The number of aromatic nitrogens is 1. The summed E-state index contributed by atoms with van der Waals surface area (Å²) in [6.45, 7) is 6.86. The minimum absolute atomic E-state index is 0.00476. The summed E-state index contributed by atoms with van der Waals surface area (Å²) in [6.07, 6.45) is 6.71. The molecule has 1 aliphatic heterocycles. The van der Waals surface area contributed by atoms with Crippen LogP contribution in [0.2, 0.25) is 0 Å². The molecule has 2 aromatic carbocycles. The van der Waals surface area contributed by atoms with E-state index in [1.54, 1.807) is 6.92 Å². The number of nitrogens with one attached hydrogen (secondary N) is 1. The second kappa shape index (κ2) is 8.34. The third-order valence-corrected chi connectivity index (χ3v) is 5.82. The molecule has 5 heteroatoms. The number of benzene rings is 2. The van der Waals surface area contributed by atoms with Gasteiger partial charge in [0.25, 0.3) is 5.91 Å². The monoisotopic (exact) mass is 404 g/mol. The van der Waals surface area contributed by atoms with Gasteiger partial charge < -0.3 is 14.6 Å². The average molecular weight is 405 g/mol. The Balaban J connectivity index is 1.86. The summed E-state index contributed by atoms with van der Waals surface area (Å²) in [5.41, 5.74) is 4.99. The third kappa shape index (κ3) is 3.60. The van der Waals surface area contributed by atoms with Crippen molar-refractivity contribution in [2.45, 2.75) is 53.0 Å². The standard InChI is InChI=1S/C25H28N2O3/c1-4-7-17(5-2)8-6-13-27-21-11-9-18(16(3)28)14-19(21)24-22(27)12-10-20-25(24)30-15-23(29)26-20/h8-12,14H,4-7,13,15H2,1-3H3,(H,26,29)/b17-8+. The molecule has 1 aliphatic rings. The van der Waals surface area contributed by atoms with Gasteiger partial charge in [-0.15, -0.1) is 0 Å². The predicted molar refractivity (Wildman–Crippen MR) is 121 cm³/mol. The van der Waals surface area contributed by atoms with Crippen molar-refractivity contribution < 1.29 is 14.3 Å². The second-order valence-corrected chi connectivity index (χ2v) is 7.87. The largest absolute Gasteiger partial charge is 0.481 e. The van der Waals surface area contributed by atoms with E-state index in [1.807, 2.05) is 30.3 Å². The quantitative estimate of drug-likeness (QED) is 0.397. The Bertz CT molecular complexity index is 1170. The maximum Gasteiger partial charge on any atom is 0.262 e. The lowest BCUT2D eigenvalue weighted by molar-refractivity contribution is -0.118. The fraction of sp³-hybridized carbons (Fsp3) is 0.360. The number of anilines is 1. The lowest BCUT2D eigenvalue weighted by atomic mass is 10.1. The Kier molecular flexibility index (Phi) is 5.62. The number of hydrogen-bond donors (Lipinski definition) is 1. The molecule has 1 aromatic heterocycles. The lowest BCUT2D eigenvalue weighted by Crippen LogP contribution is -2.25. The van der Waals surface area contributed by atoms with Crippen LogP contribution in [-0.2, 0) is 11.3 Å². The number of aryl methyl sites for hydroxylation is 1. The number of allylic oxidation sites excluding steroid dienone is 2. The van der Waals surface area contributed by atoms with Crippen LogP contribution in [0.1, 0.15) is 56.8 Å². The van der Waals surface area contributed by atoms with Crippen LogP contribution >= 0.6 is 0 Å². The molecule has 0 radical (unpaired) electrons. The van der Waals surface area contributed by atoms with Gasteiger partial charge >= 0.3 is 0 Å². The summed E-state index contributed by atoms with van der Waals surface area (Å²) in [4.78, 5) is 23.8. The summed E-state index contributed by atoms with van der Waals surface area (Å²) in [6, 6.07) is 9.80. The number of Topliss-reactive ketones (excluding diaryl/α,β-unsaturated/α-hetero) is 1. The normalized spacial score (nSPS) is 14.0. The smallest absolute Gasteiger partial charge is 0.262 e. The van der Waals surface area contributed by atoms with Crippen molar-refractivity contribution in [1.29, 1.82) is 0 Å². The number of amides is 1. The van der Waals surface area contributed by atoms with Crippen LogP contribution in [-0.4, -0.2) is 22.9 Å². The third-order valence-electron chi connectivity index (χ3n) is 5.82. The second-order valence-electron chi connectivity index (χ2n) is 7.87. The van der Waals surface area contributed by atoms with Gasteiger partial charge in [-0.3, -0.25) is 9.59 Å². The molecule has 0 spiro atoms. The Morgan fingerprint density at radius 1 is 1.20 bits per heavy atom. The minimum Gasteiger partial charge on any atom is -0.481 e. The average Bonchev–Trinajstić information content (AvgIpc) is 3.06. The number of fused-ring (bicyclic) bond motifs is 5. The number of carbonyl (C=O) groups excluding carboxylic acids is 2. The molecule has 156 valence electrons. The van der Waals surface area contributed by atoms with Crippen molar-refractivity contribution in [2.24, 2.45) is 0 Å². The first-order valence-corrected chi connectivity index (χ1v) is 10.7. The van der Waals surface area contributed by atoms with Crippen molar-refractivity contribution in [1.82, 2.24) is 4.57 Å². The van der Waals surface area contributed by atoms with Gasteiger partial charge in [0, 0.05) is 23.0 Å². The van der Waals surface area contributed by atoms with Gasteiger partial charge in [-0.25, -0.2) is 0 Å². The molecule has 0 saturated heterocycles. The zero-order valence-corrected chi connectivity index (χ0v) is 17.9. The van der Waals surface area contributed by atoms with Gasteiger partial charge in [0.2, 0.25) is 0 Å². The molecule has 0 bridgehead atoms. The molecule has 1 amide bonds. The summed E-state index contributed by atoms with van der Waals surface area (Å²) in [7, 11) is 0. The highest BCUT2D eigenvalue weighted by Gasteiger charge is 2.23. The number of hydrogen-bond acceptors (Lipinski definition) is 3. The molecule has 0 unspecified atom stereocenters. The van der Waals surface area contributed by atoms with Crippen LogP contribution in [0.3, 0.4) is 0 Å². The van der Waals surface area contributed by atoms with E-state index in [4.69, 9.17) is 4.74 Å². The summed E-state index contributed by atoms with van der Waals surface area (Å²) in [5, 5.41) is 4.84. The summed E-state index contributed by atoms with van der Waals surface area (Å²) >= 11 is 0. The van der Waals surface area contributed by atoms with Crippen LogP contribution < -0.4 is 10.1 Å². The lowest BCUT2D eigenvalue weighted by Gasteiger charge is -2.19. The van der Waals surface area contributed by atoms with Crippen LogP contribution in [0.25, 0.3) is 21.8 Å². The Morgan fingerprint density at radius 3 is 2.73 bits per heavy atom. The van der Waals surface area contributed by atoms with Gasteiger partial charge in [0.05, 0.1) is 16.6 Å². The van der Waals surface area contributed by atoms with Gasteiger partial charge in [0.1, 0.15) is 0 Å². The van der Waals surface area contributed by atoms with Gasteiger partial charge in [-0.1, -0.05) is 31.9 Å². The van der Waals surface area contributed by atoms with Crippen molar-refractivity contribution in [3.8, 4) is 5.75 Å². The van der Waals surface area contributed by atoms with E-state index in [1.165, 1.54) is 5.57 Å². The number of ketones is 1. The Morgan fingerprint density at radius 2 is 2.00 bits per heavy atom. The molecule has 2 heterocycles. The molecule has 0 aliphatic carbocycles.